The van der Waals surface area contributed by atoms with Crippen molar-refractivity contribution in [3.8, 4) is 0 Å². The Morgan fingerprint density at radius 1 is 1.14 bits per heavy atom. The Bertz CT molecular complexity index is 476. The van der Waals surface area contributed by atoms with Crippen LogP contribution in [0.25, 0.3) is 0 Å². The highest BCUT2D eigenvalue weighted by Crippen LogP contribution is 2.23. The minimum absolute atomic E-state index is 0.00187. The molecule has 1 aliphatic rings. The number of anilines is 1. The molecule has 1 saturated carbocycles. The van der Waals surface area contributed by atoms with Gasteiger partial charge in [-0.15, -0.1) is 0 Å². The maximum absolute atomic E-state index is 11.9. The number of nitrogens with one attached hydrogen (secondary N) is 3. The lowest BCUT2D eigenvalue weighted by atomic mass is 9.86. The molecule has 0 unspecified atom stereocenters. The Morgan fingerprint density at radius 3 is 2.57 bits per heavy atom. The number of hydrogen-bond acceptors (Lipinski definition) is 2. The third-order valence-corrected chi connectivity index (χ3v) is 3.90. The molecule has 0 aromatic heterocycles. The fourth-order valence-electron chi connectivity index (χ4n) is 2.65. The summed E-state index contributed by atoms with van der Waals surface area (Å²) in [4.78, 5) is 23.5. The Labute approximate surface area is 125 Å². The predicted molar refractivity (Wildman–Crippen MR) is 83.0 cm³/mol. The van der Waals surface area contributed by atoms with Crippen LogP contribution in [0.1, 0.15) is 32.6 Å². The van der Waals surface area contributed by atoms with Gasteiger partial charge in [-0.25, -0.2) is 4.79 Å². The SMILES string of the molecule is C[C@H]1CCCC[C@@H]1NC(=O)CNC(=O)Nc1ccccc1. The van der Waals surface area contributed by atoms with Crippen molar-refractivity contribution < 1.29 is 9.59 Å². The maximum Gasteiger partial charge on any atom is 0.319 e. The Balaban J connectivity index is 1.69. The van der Waals surface area contributed by atoms with E-state index in [9.17, 15) is 9.59 Å². The van der Waals surface area contributed by atoms with Crippen LogP contribution in [0, 0.1) is 5.92 Å². The Kier molecular flexibility index (Phi) is 5.60. The van der Waals surface area contributed by atoms with Crippen LogP contribution in [-0.4, -0.2) is 24.5 Å². The number of urea groups is 1. The van der Waals surface area contributed by atoms with Crippen molar-refractivity contribution in [3.05, 3.63) is 30.3 Å². The van der Waals surface area contributed by atoms with Gasteiger partial charge in [-0.1, -0.05) is 38.0 Å². The molecule has 0 radical (unpaired) electrons. The van der Waals surface area contributed by atoms with Crippen molar-refractivity contribution >= 4 is 17.6 Å². The predicted octanol–water partition coefficient (Wildman–Crippen LogP) is 2.50. The number of rotatable bonds is 4. The van der Waals surface area contributed by atoms with E-state index in [0.29, 0.717) is 11.6 Å². The van der Waals surface area contributed by atoms with E-state index in [-0.39, 0.29) is 24.5 Å². The highest BCUT2D eigenvalue weighted by Gasteiger charge is 2.22. The summed E-state index contributed by atoms with van der Waals surface area (Å²) in [5.74, 6) is 0.387. The first-order valence-corrected chi connectivity index (χ1v) is 7.54. The van der Waals surface area contributed by atoms with Crippen LogP contribution in [0.3, 0.4) is 0 Å². The molecule has 1 aliphatic carbocycles. The second-order valence-electron chi connectivity index (χ2n) is 5.61. The summed E-state index contributed by atoms with van der Waals surface area (Å²) < 4.78 is 0. The van der Waals surface area contributed by atoms with E-state index >= 15 is 0 Å². The summed E-state index contributed by atoms with van der Waals surface area (Å²) in [6.07, 6.45) is 4.60. The molecular formula is C16H23N3O2. The molecule has 3 N–H and O–H groups in total. The Hall–Kier alpha value is -2.04. The van der Waals surface area contributed by atoms with Gasteiger partial charge in [-0.2, -0.15) is 0 Å². The fourth-order valence-corrected chi connectivity index (χ4v) is 2.65. The molecule has 3 amide bonds. The highest BCUT2D eigenvalue weighted by atomic mass is 16.2. The molecule has 114 valence electrons. The smallest absolute Gasteiger partial charge is 0.319 e. The molecule has 2 rings (SSSR count). The van der Waals surface area contributed by atoms with E-state index < -0.39 is 0 Å². The van der Waals surface area contributed by atoms with Crippen molar-refractivity contribution in [2.24, 2.45) is 5.92 Å². The van der Waals surface area contributed by atoms with Crippen LogP contribution in [0.15, 0.2) is 30.3 Å². The summed E-state index contributed by atoms with van der Waals surface area (Å²) in [5, 5.41) is 8.26. The molecule has 1 aromatic rings. The van der Waals surface area contributed by atoms with Gasteiger partial charge in [0.1, 0.15) is 0 Å². The average molecular weight is 289 g/mol. The van der Waals surface area contributed by atoms with E-state index in [1.54, 1.807) is 12.1 Å². The molecule has 0 bridgehead atoms. The maximum atomic E-state index is 11.9. The van der Waals surface area contributed by atoms with E-state index in [1.165, 1.54) is 6.42 Å². The van der Waals surface area contributed by atoms with Crippen molar-refractivity contribution in [2.75, 3.05) is 11.9 Å². The number of para-hydroxylation sites is 1. The van der Waals surface area contributed by atoms with Crippen LogP contribution in [-0.2, 0) is 4.79 Å². The molecule has 21 heavy (non-hydrogen) atoms. The van der Waals surface area contributed by atoms with Gasteiger partial charge in [0.25, 0.3) is 0 Å². The lowest BCUT2D eigenvalue weighted by molar-refractivity contribution is -0.121. The normalized spacial score (nSPS) is 21.4. The summed E-state index contributed by atoms with van der Waals surface area (Å²) in [7, 11) is 0. The van der Waals surface area contributed by atoms with Gasteiger partial charge >= 0.3 is 6.03 Å². The number of carbonyl (C=O) groups is 2. The van der Waals surface area contributed by atoms with Gasteiger partial charge in [0, 0.05) is 11.7 Å². The third kappa shape index (κ3) is 5.10. The van der Waals surface area contributed by atoms with Crippen molar-refractivity contribution in [2.45, 2.75) is 38.6 Å². The van der Waals surface area contributed by atoms with Crippen LogP contribution >= 0.6 is 0 Å². The number of benzene rings is 1. The molecule has 0 saturated heterocycles. The molecule has 2 atom stereocenters. The third-order valence-electron chi connectivity index (χ3n) is 3.90. The van der Waals surface area contributed by atoms with Gasteiger partial charge in [0.2, 0.25) is 5.91 Å². The molecule has 0 heterocycles. The lowest BCUT2D eigenvalue weighted by Gasteiger charge is -2.29. The summed E-state index contributed by atoms with van der Waals surface area (Å²) >= 11 is 0. The van der Waals surface area contributed by atoms with Gasteiger partial charge in [0.05, 0.1) is 6.54 Å². The van der Waals surface area contributed by atoms with Gasteiger partial charge in [0.15, 0.2) is 0 Å². The average Bonchev–Trinajstić information content (AvgIpc) is 2.49. The topological polar surface area (TPSA) is 70.2 Å². The standard InChI is InChI=1S/C16H23N3O2/c1-12-7-5-6-10-14(12)19-15(20)11-17-16(21)18-13-8-3-2-4-9-13/h2-4,8-9,12,14H,5-7,10-11H2,1H3,(H,19,20)(H2,17,18,21)/t12-,14-/m0/s1. The van der Waals surface area contributed by atoms with E-state index in [1.807, 2.05) is 18.2 Å². The highest BCUT2D eigenvalue weighted by molar-refractivity contribution is 5.92. The van der Waals surface area contributed by atoms with E-state index in [0.717, 1.165) is 19.3 Å². The number of hydrogen-bond donors (Lipinski definition) is 3. The van der Waals surface area contributed by atoms with E-state index in [4.69, 9.17) is 0 Å². The first kappa shape index (κ1) is 15.4. The molecule has 1 fully saturated rings. The molecule has 0 aliphatic heterocycles. The quantitative estimate of drug-likeness (QED) is 0.797. The molecule has 5 heteroatoms. The van der Waals surface area contributed by atoms with Crippen molar-refractivity contribution in [3.63, 3.8) is 0 Å². The first-order chi connectivity index (χ1) is 10.1. The molecule has 5 nitrogen and oxygen atoms in total. The van der Waals surface area contributed by atoms with Gasteiger partial charge in [-0.05, 0) is 30.9 Å². The summed E-state index contributed by atoms with van der Waals surface area (Å²) in [6.45, 7) is 2.17. The zero-order valence-corrected chi connectivity index (χ0v) is 12.4. The van der Waals surface area contributed by atoms with Crippen LogP contribution in [0.2, 0.25) is 0 Å². The largest absolute Gasteiger partial charge is 0.352 e. The first-order valence-electron chi connectivity index (χ1n) is 7.54. The zero-order chi connectivity index (χ0) is 15.1. The minimum atomic E-state index is -0.368. The number of carbonyl (C=O) groups excluding carboxylic acids is 2. The Morgan fingerprint density at radius 2 is 1.86 bits per heavy atom. The van der Waals surface area contributed by atoms with Crippen LogP contribution in [0.5, 0.6) is 0 Å². The summed E-state index contributed by atoms with van der Waals surface area (Å²) in [6, 6.07) is 9.02. The second-order valence-corrected chi connectivity index (χ2v) is 5.61. The zero-order valence-electron chi connectivity index (χ0n) is 12.4. The number of amides is 3. The van der Waals surface area contributed by atoms with E-state index in [2.05, 4.69) is 22.9 Å². The second kappa shape index (κ2) is 7.67. The molecule has 0 spiro atoms. The fraction of sp³-hybridized carbons (Fsp3) is 0.500. The van der Waals surface area contributed by atoms with Crippen LogP contribution < -0.4 is 16.0 Å². The molecular weight excluding hydrogens is 266 g/mol. The van der Waals surface area contributed by atoms with Crippen molar-refractivity contribution in [1.29, 1.82) is 0 Å². The summed E-state index contributed by atoms with van der Waals surface area (Å²) in [5.41, 5.74) is 0.705. The minimum Gasteiger partial charge on any atom is -0.352 e. The van der Waals surface area contributed by atoms with Gasteiger partial charge < -0.3 is 16.0 Å². The molecule has 1 aromatic carbocycles. The lowest BCUT2D eigenvalue weighted by Crippen LogP contribution is -2.46. The monoisotopic (exact) mass is 289 g/mol. The van der Waals surface area contributed by atoms with Gasteiger partial charge in [-0.3, -0.25) is 4.79 Å². The van der Waals surface area contributed by atoms with Crippen LogP contribution in [0.4, 0.5) is 10.5 Å². The van der Waals surface area contributed by atoms with Crippen molar-refractivity contribution in [1.82, 2.24) is 10.6 Å².